The van der Waals surface area contributed by atoms with Gasteiger partial charge in [0.05, 0.1) is 0 Å². The van der Waals surface area contributed by atoms with Gasteiger partial charge in [0.15, 0.2) is 0 Å². The Hall–Kier alpha value is 0.243. The van der Waals surface area contributed by atoms with Crippen molar-refractivity contribution in [1.82, 2.24) is 0 Å². The second-order valence-electron chi connectivity index (χ2n) is 13.1. The Bertz CT molecular complexity index is 1200. The van der Waals surface area contributed by atoms with E-state index in [9.17, 15) is 0 Å². The maximum absolute atomic E-state index is 2.75. The minimum absolute atomic E-state index is 0. The average molecular weight is 737 g/mol. The molecule has 0 fully saturated rings. The van der Waals surface area contributed by atoms with E-state index in [0.29, 0.717) is 7.25 Å². The number of hydrogen-bond donors (Lipinski definition) is 0. The molecule has 0 saturated carbocycles. The van der Waals surface area contributed by atoms with Gasteiger partial charge in [-0.25, -0.2) is 0 Å². The average Bonchev–Trinajstić information content (AvgIpc) is 3.53. The van der Waals surface area contributed by atoms with Crippen molar-refractivity contribution in [3.8, 4) is 0 Å². The SMILES string of the molecule is CCC(C)P(C1=Cc2c(C)ccc(C)c2[CH]1[Zr+2][CH]1C(P(C(C)CC)C(C)CC)=Cc2c(C)ccc(C)c21)C(C)CC.[Cl-].[Cl-]. The number of rotatable bonds is 12. The molecule has 4 rings (SSSR count). The summed E-state index contributed by atoms with van der Waals surface area (Å²) in [6.07, 6.45) is 10.7. The van der Waals surface area contributed by atoms with E-state index in [1.54, 1.807) is 33.4 Å². The fourth-order valence-electron chi connectivity index (χ4n) is 7.24. The van der Waals surface area contributed by atoms with E-state index in [-0.39, 0.29) is 40.7 Å². The molecule has 0 nitrogen and oxygen atoms in total. The molecule has 0 saturated heterocycles. The Balaban J connectivity index is 0.00000323. The molecule has 0 heterocycles. The van der Waals surface area contributed by atoms with Crippen LogP contribution in [-0.4, -0.2) is 22.6 Å². The molecule has 0 radical (unpaired) electrons. The van der Waals surface area contributed by atoms with Crippen LogP contribution >= 0.6 is 15.8 Å². The van der Waals surface area contributed by atoms with Crippen LogP contribution in [0.25, 0.3) is 12.2 Å². The fourth-order valence-corrected chi connectivity index (χ4v) is 21.9. The van der Waals surface area contributed by atoms with Gasteiger partial charge in [-0.15, -0.1) is 0 Å². The van der Waals surface area contributed by atoms with Crippen LogP contribution in [0.3, 0.4) is 0 Å². The van der Waals surface area contributed by atoms with Gasteiger partial charge in [-0.2, -0.15) is 0 Å². The molecule has 6 atom stereocenters. The quantitative estimate of drug-likeness (QED) is 0.214. The van der Waals surface area contributed by atoms with E-state index in [4.69, 9.17) is 0 Å². The molecule has 0 spiro atoms. The number of hydrogen-bond acceptors (Lipinski definition) is 0. The predicted octanol–water partition coefficient (Wildman–Crippen LogP) is 6.66. The van der Waals surface area contributed by atoms with Gasteiger partial charge < -0.3 is 24.8 Å². The first kappa shape index (κ1) is 39.4. The van der Waals surface area contributed by atoms with Gasteiger partial charge in [0.2, 0.25) is 0 Å². The summed E-state index contributed by atoms with van der Waals surface area (Å²) in [6.45, 7) is 29.6. The predicted molar refractivity (Wildman–Crippen MR) is 186 cm³/mol. The smallest absolute Gasteiger partial charge is 1.00 e. The number of aryl methyl sites for hydroxylation is 4. The van der Waals surface area contributed by atoms with Crippen LogP contribution in [0.15, 0.2) is 34.9 Å². The van der Waals surface area contributed by atoms with Crippen molar-refractivity contribution >= 4 is 28.0 Å². The molecule has 5 heteroatoms. The van der Waals surface area contributed by atoms with E-state index in [0.717, 1.165) is 22.6 Å². The summed E-state index contributed by atoms with van der Waals surface area (Å²) < 4.78 is 1.40. The van der Waals surface area contributed by atoms with E-state index in [1.165, 1.54) is 36.8 Å². The Kier molecular flexibility index (Phi) is 15.5. The monoisotopic (exact) mass is 734 g/mol. The minimum Gasteiger partial charge on any atom is -1.00 e. The van der Waals surface area contributed by atoms with Crippen LogP contribution in [0, 0.1) is 27.7 Å². The Morgan fingerprint density at radius 1 is 0.535 bits per heavy atom. The number of benzene rings is 2. The van der Waals surface area contributed by atoms with Crippen LogP contribution in [0.4, 0.5) is 0 Å². The molecule has 0 aliphatic heterocycles. The molecular weight excluding hydrogens is 680 g/mol. The summed E-state index contributed by atoms with van der Waals surface area (Å²) in [4.78, 5) is 0. The van der Waals surface area contributed by atoms with Crippen molar-refractivity contribution in [3.63, 3.8) is 0 Å². The van der Waals surface area contributed by atoms with E-state index in [1.807, 2.05) is 10.6 Å². The maximum Gasteiger partial charge on any atom is -1.00 e. The molecule has 2 aromatic carbocycles. The van der Waals surface area contributed by atoms with Gasteiger partial charge in [0.25, 0.3) is 0 Å². The van der Waals surface area contributed by atoms with Gasteiger partial charge in [0, 0.05) is 0 Å². The molecule has 0 bridgehead atoms. The second-order valence-corrected chi connectivity index (χ2v) is 22.9. The van der Waals surface area contributed by atoms with Crippen molar-refractivity contribution in [2.45, 2.75) is 139 Å². The van der Waals surface area contributed by atoms with Crippen molar-refractivity contribution in [2.24, 2.45) is 0 Å². The first-order chi connectivity index (χ1) is 19.5. The fraction of sp³-hybridized carbons (Fsp3) is 0.579. The molecule has 2 aliphatic rings. The van der Waals surface area contributed by atoms with Crippen molar-refractivity contribution in [1.29, 1.82) is 0 Å². The van der Waals surface area contributed by atoms with Gasteiger partial charge in [-0.1, -0.05) is 0 Å². The summed E-state index contributed by atoms with van der Waals surface area (Å²) in [5.41, 5.74) is 15.9. The minimum atomic E-state index is -0.977. The molecule has 0 aromatic heterocycles. The number of halogens is 2. The van der Waals surface area contributed by atoms with Crippen molar-refractivity contribution in [2.75, 3.05) is 0 Å². The van der Waals surface area contributed by atoms with E-state index in [2.05, 4.69) is 120 Å². The zero-order chi connectivity index (χ0) is 30.2. The Morgan fingerprint density at radius 3 is 1.09 bits per heavy atom. The van der Waals surface area contributed by atoms with Gasteiger partial charge >= 0.3 is 269 Å². The van der Waals surface area contributed by atoms with E-state index >= 15 is 0 Å². The first-order valence-corrected chi connectivity index (χ1v) is 22.3. The number of allylic oxidation sites excluding steroid dienone is 2. The van der Waals surface area contributed by atoms with Crippen LogP contribution in [0.1, 0.15) is 133 Å². The molecule has 43 heavy (non-hydrogen) atoms. The zero-order valence-corrected chi connectivity index (χ0v) is 34.7. The number of fused-ring (bicyclic) bond motifs is 2. The standard InChI is InChI=1S/2C19H28P.2ClH.Zr/c2*1-7-15(5)20(16(6)8-2)17-11-18-13(3)9-10-14(4)19(18)12-17;;;/h2*9-12,15-16H,7-8H2,1-6H3;2*1H;/q;;;;+2/p-2. The third-order valence-corrected chi connectivity index (χ3v) is 23.4. The van der Waals surface area contributed by atoms with Crippen LogP contribution in [0.2, 0.25) is 0 Å². The third-order valence-electron chi connectivity index (χ3n) is 10.4. The molecule has 0 amide bonds. The van der Waals surface area contributed by atoms with Crippen molar-refractivity contribution < 1.29 is 48.0 Å². The topological polar surface area (TPSA) is 0 Å². The van der Waals surface area contributed by atoms with Gasteiger partial charge in [0.1, 0.15) is 0 Å². The molecule has 2 aliphatic carbocycles. The molecule has 0 N–H and O–H groups in total. The van der Waals surface area contributed by atoms with Gasteiger partial charge in [-0.3, -0.25) is 0 Å². The van der Waals surface area contributed by atoms with Gasteiger partial charge in [-0.05, 0) is 0 Å². The third kappa shape index (κ3) is 7.70. The summed E-state index contributed by atoms with van der Waals surface area (Å²) in [7, 11) is -0.335. The zero-order valence-electron chi connectivity index (χ0n) is 28.9. The Morgan fingerprint density at radius 2 is 0.814 bits per heavy atom. The second kappa shape index (κ2) is 16.9. The first-order valence-electron chi connectivity index (χ1n) is 16.5. The Labute approximate surface area is 292 Å². The normalized spacial score (nSPS) is 21.1. The maximum atomic E-state index is 2.75. The molecule has 236 valence electrons. The summed E-state index contributed by atoms with van der Waals surface area (Å²) in [5.74, 6) is 0. The van der Waals surface area contributed by atoms with Crippen LogP contribution in [0.5, 0.6) is 0 Å². The van der Waals surface area contributed by atoms with Crippen LogP contribution < -0.4 is 24.8 Å². The van der Waals surface area contributed by atoms with E-state index < -0.39 is 23.2 Å². The van der Waals surface area contributed by atoms with Crippen LogP contribution in [-0.2, 0) is 23.2 Å². The summed E-state index contributed by atoms with van der Waals surface area (Å²) >= 11 is -0.977. The molecular formula is C38H56Cl2P2Zr. The molecule has 2 aromatic rings. The van der Waals surface area contributed by atoms with Crippen molar-refractivity contribution in [3.05, 3.63) is 79.4 Å². The summed E-state index contributed by atoms with van der Waals surface area (Å²) in [6, 6.07) is 9.65. The molecule has 6 unspecified atom stereocenters. The summed E-state index contributed by atoms with van der Waals surface area (Å²) in [5, 5.41) is 3.77. The largest absolute Gasteiger partial charge is 1.00 e.